The highest BCUT2D eigenvalue weighted by Crippen LogP contribution is 2.41. The molecular weight excluding hydrogens is 384 g/mol. The van der Waals surface area contributed by atoms with E-state index in [9.17, 15) is 14.7 Å². The van der Waals surface area contributed by atoms with E-state index in [0.29, 0.717) is 24.4 Å². The third kappa shape index (κ3) is 4.90. The second-order valence-corrected chi connectivity index (χ2v) is 10.9. The maximum Gasteiger partial charge on any atom is 0.348 e. The number of hydrogen-bond acceptors (Lipinski definition) is 4. The van der Waals surface area contributed by atoms with Crippen LogP contribution >= 0.6 is 11.3 Å². The molecule has 0 bridgehead atoms. The van der Waals surface area contributed by atoms with Gasteiger partial charge in [0.1, 0.15) is 4.88 Å². The fourth-order valence-corrected chi connectivity index (χ4v) is 5.54. The monoisotopic (exact) mass is 418 g/mol. The first-order chi connectivity index (χ1) is 13.6. The highest BCUT2D eigenvalue weighted by molar-refractivity contribution is 7.14. The van der Waals surface area contributed by atoms with Crippen molar-refractivity contribution in [2.24, 2.45) is 11.8 Å². The third-order valence-corrected chi connectivity index (χ3v) is 7.97. The van der Waals surface area contributed by atoms with Crippen molar-refractivity contribution < 1.29 is 14.7 Å². The molecule has 0 aromatic carbocycles. The first-order valence-electron chi connectivity index (χ1n) is 10.8. The quantitative estimate of drug-likeness (QED) is 0.642. The average Bonchev–Trinajstić information content (AvgIpc) is 3.10. The molecule has 1 amide bonds. The highest BCUT2D eigenvalue weighted by Gasteiger charge is 2.37. The number of carboxylic acids is 1. The summed E-state index contributed by atoms with van der Waals surface area (Å²) >= 11 is 1.30. The van der Waals surface area contributed by atoms with Crippen LogP contribution in [0.2, 0.25) is 0 Å². The molecule has 2 aliphatic rings. The van der Waals surface area contributed by atoms with Crippen LogP contribution in [0, 0.1) is 17.2 Å². The van der Waals surface area contributed by atoms with E-state index in [-0.39, 0.29) is 28.2 Å². The lowest BCUT2D eigenvalue weighted by molar-refractivity contribution is -0.124. The van der Waals surface area contributed by atoms with Gasteiger partial charge < -0.3 is 15.4 Å². The Morgan fingerprint density at radius 3 is 2.21 bits per heavy atom. The van der Waals surface area contributed by atoms with Crippen LogP contribution in [-0.4, -0.2) is 28.7 Å². The van der Waals surface area contributed by atoms with Crippen molar-refractivity contribution in [1.82, 2.24) is 0 Å². The molecule has 2 aliphatic carbocycles. The van der Waals surface area contributed by atoms with Crippen molar-refractivity contribution in [2.75, 3.05) is 4.90 Å². The molecule has 1 aromatic heterocycles. The Morgan fingerprint density at radius 2 is 1.69 bits per heavy atom. The Bertz CT molecular complexity index is 775. The third-order valence-electron chi connectivity index (χ3n) is 6.43. The molecule has 0 unspecified atom stereocenters. The number of carboxylic acid groups (broad SMARTS) is 1. The molecule has 6 heteroatoms. The molecule has 160 valence electrons. The lowest BCUT2D eigenvalue weighted by atomic mass is 9.81. The number of nitrogens with zero attached hydrogens (tertiary/aromatic N) is 1. The lowest BCUT2D eigenvalue weighted by Gasteiger charge is -2.38. The minimum atomic E-state index is -0.959. The molecule has 0 saturated heterocycles. The van der Waals surface area contributed by atoms with E-state index in [4.69, 9.17) is 5.41 Å². The number of carbonyl (C=O) groups excluding carboxylic acids is 1. The standard InChI is InChI=1S/C23H34N2O3S/c1-14-5-7-15(8-6-14)21(26)25(17-11-9-16(24)10-12-17)18-13-19(23(2,3)4)29-20(18)22(27)28/h13-15,17,24H,5-12H2,1-4H3,(H,27,28)/t14-,15-,17?. The summed E-state index contributed by atoms with van der Waals surface area (Å²) in [5.74, 6) is -0.228. The largest absolute Gasteiger partial charge is 0.477 e. The molecule has 5 nitrogen and oxygen atoms in total. The van der Waals surface area contributed by atoms with Gasteiger partial charge in [0, 0.05) is 22.5 Å². The number of amides is 1. The minimum Gasteiger partial charge on any atom is -0.477 e. The van der Waals surface area contributed by atoms with E-state index < -0.39 is 5.97 Å². The molecule has 2 saturated carbocycles. The fraction of sp³-hybridized carbons (Fsp3) is 0.696. The van der Waals surface area contributed by atoms with Gasteiger partial charge >= 0.3 is 5.97 Å². The van der Waals surface area contributed by atoms with Crippen LogP contribution in [0.3, 0.4) is 0 Å². The van der Waals surface area contributed by atoms with Gasteiger partial charge in [0.2, 0.25) is 5.91 Å². The van der Waals surface area contributed by atoms with Gasteiger partial charge in [0.05, 0.1) is 5.69 Å². The number of thiophene rings is 1. The zero-order valence-electron chi connectivity index (χ0n) is 18.1. The van der Waals surface area contributed by atoms with Crippen molar-refractivity contribution >= 4 is 34.6 Å². The number of anilines is 1. The summed E-state index contributed by atoms with van der Waals surface area (Å²) in [7, 11) is 0. The number of carbonyl (C=O) groups is 2. The molecule has 3 rings (SSSR count). The van der Waals surface area contributed by atoms with Gasteiger partial charge in [0.15, 0.2) is 0 Å². The topological polar surface area (TPSA) is 81.5 Å². The molecule has 0 aliphatic heterocycles. The van der Waals surface area contributed by atoms with Gasteiger partial charge in [-0.15, -0.1) is 11.3 Å². The van der Waals surface area contributed by atoms with Gasteiger partial charge in [-0.25, -0.2) is 4.79 Å². The maximum atomic E-state index is 13.7. The van der Waals surface area contributed by atoms with E-state index in [1.54, 1.807) is 0 Å². The summed E-state index contributed by atoms with van der Waals surface area (Å²) in [6.07, 6.45) is 6.75. The first kappa shape index (κ1) is 22.0. The highest BCUT2D eigenvalue weighted by atomic mass is 32.1. The van der Waals surface area contributed by atoms with Gasteiger partial charge in [-0.05, 0) is 68.8 Å². The van der Waals surface area contributed by atoms with Gasteiger partial charge in [0.25, 0.3) is 0 Å². The summed E-state index contributed by atoms with van der Waals surface area (Å²) in [6, 6.07) is 1.92. The van der Waals surface area contributed by atoms with Crippen molar-refractivity contribution in [3.63, 3.8) is 0 Å². The Labute approximate surface area is 178 Å². The Balaban J connectivity index is 2.01. The van der Waals surface area contributed by atoms with Crippen molar-refractivity contribution in [3.05, 3.63) is 15.8 Å². The smallest absolute Gasteiger partial charge is 0.348 e. The van der Waals surface area contributed by atoms with E-state index >= 15 is 0 Å². The van der Waals surface area contributed by atoms with Crippen LogP contribution in [0.1, 0.15) is 93.6 Å². The zero-order chi connectivity index (χ0) is 21.3. The SMILES string of the molecule is CC(C)(C)c1cc(N(C(=O)[C@H]2CC[C@H](C)CC2)C2CCC(=N)CC2)c(C(=O)O)s1. The van der Waals surface area contributed by atoms with Crippen molar-refractivity contribution in [1.29, 1.82) is 5.41 Å². The van der Waals surface area contributed by atoms with E-state index in [2.05, 4.69) is 27.7 Å². The number of aromatic carboxylic acids is 1. The second-order valence-electron chi connectivity index (χ2n) is 9.88. The van der Waals surface area contributed by atoms with Crippen LogP contribution in [0.25, 0.3) is 0 Å². The molecule has 29 heavy (non-hydrogen) atoms. The molecule has 2 N–H and O–H groups in total. The summed E-state index contributed by atoms with van der Waals surface area (Å²) in [4.78, 5) is 28.9. The normalized spacial score (nSPS) is 25.7. The first-order valence-corrected chi connectivity index (χ1v) is 11.7. The van der Waals surface area contributed by atoms with Gasteiger partial charge in [-0.3, -0.25) is 4.79 Å². The van der Waals surface area contributed by atoms with Crippen molar-refractivity contribution in [3.8, 4) is 0 Å². The van der Waals surface area contributed by atoms with Crippen LogP contribution in [0.5, 0.6) is 0 Å². The molecule has 0 spiro atoms. The number of nitrogens with one attached hydrogen (secondary N) is 1. The maximum absolute atomic E-state index is 13.7. The predicted molar refractivity (Wildman–Crippen MR) is 119 cm³/mol. The average molecular weight is 419 g/mol. The van der Waals surface area contributed by atoms with Crippen LogP contribution in [-0.2, 0) is 10.2 Å². The van der Waals surface area contributed by atoms with Gasteiger partial charge in [-0.2, -0.15) is 0 Å². The molecular formula is C23H34N2O3S. The fourth-order valence-electron chi connectivity index (χ4n) is 4.49. The summed E-state index contributed by atoms with van der Waals surface area (Å²) in [5, 5.41) is 17.8. The second kappa shape index (κ2) is 8.58. The summed E-state index contributed by atoms with van der Waals surface area (Å²) in [5.41, 5.74) is 1.14. The molecule has 1 aromatic rings. The number of rotatable bonds is 4. The molecule has 1 heterocycles. The van der Waals surface area contributed by atoms with Crippen LogP contribution in [0.15, 0.2) is 6.07 Å². The van der Waals surface area contributed by atoms with E-state index in [1.807, 2.05) is 11.0 Å². The predicted octanol–water partition coefficient (Wildman–Crippen LogP) is 5.87. The molecule has 0 radical (unpaired) electrons. The van der Waals surface area contributed by atoms with E-state index in [0.717, 1.165) is 49.1 Å². The van der Waals surface area contributed by atoms with E-state index in [1.165, 1.54) is 11.3 Å². The minimum absolute atomic E-state index is 0.0172. The Kier molecular flexibility index (Phi) is 6.51. The summed E-state index contributed by atoms with van der Waals surface area (Å²) in [6.45, 7) is 8.46. The Morgan fingerprint density at radius 1 is 1.10 bits per heavy atom. The van der Waals surface area contributed by atoms with Crippen molar-refractivity contribution in [2.45, 2.75) is 90.5 Å². The molecule has 2 fully saturated rings. The van der Waals surface area contributed by atoms with Crippen LogP contribution < -0.4 is 4.90 Å². The lowest BCUT2D eigenvalue weighted by Crippen LogP contribution is -2.46. The van der Waals surface area contributed by atoms with Crippen LogP contribution in [0.4, 0.5) is 5.69 Å². The summed E-state index contributed by atoms with van der Waals surface area (Å²) < 4.78 is 0. The Hall–Kier alpha value is -1.69. The number of hydrogen-bond donors (Lipinski definition) is 2. The zero-order valence-corrected chi connectivity index (χ0v) is 18.9. The van der Waals surface area contributed by atoms with Gasteiger partial charge in [-0.1, -0.05) is 27.7 Å². The molecule has 0 atom stereocenters.